The second-order valence-electron chi connectivity index (χ2n) is 3.45. The number of halogens is 3. The molecule has 0 N–H and O–H groups in total. The zero-order valence-corrected chi connectivity index (χ0v) is 9.04. The predicted octanol–water partition coefficient (Wildman–Crippen LogP) is 3.30. The van der Waals surface area contributed by atoms with E-state index in [9.17, 15) is 13.2 Å². The van der Waals surface area contributed by atoms with Gasteiger partial charge in [-0.05, 0) is 25.5 Å². The first kappa shape index (κ1) is 12.8. The highest BCUT2D eigenvalue weighted by Gasteiger charge is 2.30. The van der Waals surface area contributed by atoms with Crippen LogP contribution >= 0.6 is 0 Å². The maximum Gasteiger partial charge on any atom is 0.522 e. The van der Waals surface area contributed by atoms with Gasteiger partial charge in [-0.15, -0.1) is 13.2 Å². The minimum absolute atomic E-state index is 0.516. The summed E-state index contributed by atoms with van der Waals surface area (Å²) in [6.45, 7) is 2.84. The summed E-state index contributed by atoms with van der Waals surface area (Å²) in [6, 6.07) is 7.13. The van der Waals surface area contributed by atoms with Crippen LogP contribution in [-0.4, -0.2) is 19.1 Å². The third-order valence-corrected chi connectivity index (χ3v) is 1.90. The number of aryl methyl sites for hydroxylation is 1. The topological polar surface area (TPSA) is 18.5 Å². The second kappa shape index (κ2) is 5.21. The zero-order valence-electron chi connectivity index (χ0n) is 9.04. The summed E-state index contributed by atoms with van der Waals surface area (Å²) in [6.07, 6.45) is -5.26. The Hall–Kier alpha value is -1.23. The summed E-state index contributed by atoms with van der Waals surface area (Å²) < 4.78 is 44.3. The van der Waals surface area contributed by atoms with E-state index in [2.05, 4.69) is 4.74 Å². The maximum absolute atomic E-state index is 11.8. The first-order chi connectivity index (χ1) is 7.38. The molecule has 1 aromatic rings. The van der Waals surface area contributed by atoms with Crippen molar-refractivity contribution in [3.05, 3.63) is 29.8 Å². The summed E-state index contributed by atoms with van der Waals surface area (Å²) >= 11 is 0. The Labute approximate surface area is 92.0 Å². The van der Waals surface area contributed by atoms with Crippen LogP contribution < -0.4 is 4.74 Å². The van der Waals surface area contributed by atoms with E-state index in [0.29, 0.717) is 5.75 Å². The van der Waals surface area contributed by atoms with Crippen LogP contribution in [0.1, 0.15) is 12.5 Å². The molecule has 1 atom stereocenters. The molecular formula is C11H13F3O2. The third kappa shape index (κ3) is 4.53. The lowest BCUT2D eigenvalue weighted by Gasteiger charge is -2.17. The van der Waals surface area contributed by atoms with Gasteiger partial charge in [-0.25, -0.2) is 0 Å². The molecule has 0 saturated carbocycles. The molecule has 0 saturated heterocycles. The van der Waals surface area contributed by atoms with Crippen molar-refractivity contribution in [1.29, 1.82) is 0 Å². The summed E-state index contributed by atoms with van der Waals surface area (Å²) in [7, 11) is 0. The van der Waals surface area contributed by atoms with Crippen molar-refractivity contribution in [2.24, 2.45) is 0 Å². The Balaban J connectivity index is 2.46. The van der Waals surface area contributed by atoms with Crippen molar-refractivity contribution in [3.63, 3.8) is 0 Å². The summed E-state index contributed by atoms with van der Waals surface area (Å²) in [5, 5.41) is 0. The van der Waals surface area contributed by atoms with Gasteiger partial charge >= 0.3 is 6.36 Å². The fraction of sp³-hybridized carbons (Fsp3) is 0.455. The lowest BCUT2D eigenvalue weighted by molar-refractivity contribution is -0.329. The van der Waals surface area contributed by atoms with Crippen LogP contribution in [-0.2, 0) is 4.74 Å². The van der Waals surface area contributed by atoms with Crippen molar-refractivity contribution in [2.45, 2.75) is 26.3 Å². The highest BCUT2D eigenvalue weighted by Crippen LogP contribution is 2.20. The molecule has 0 aliphatic rings. The molecular weight excluding hydrogens is 221 g/mol. The Morgan fingerprint density at radius 2 is 1.88 bits per heavy atom. The quantitative estimate of drug-likeness (QED) is 0.795. The van der Waals surface area contributed by atoms with E-state index in [1.54, 1.807) is 12.1 Å². The first-order valence-electron chi connectivity index (χ1n) is 4.81. The van der Waals surface area contributed by atoms with Crippen molar-refractivity contribution in [2.75, 3.05) is 6.61 Å². The lowest BCUT2D eigenvalue weighted by atomic mass is 10.2. The van der Waals surface area contributed by atoms with Crippen LogP contribution in [0.2, 0.25) is 0 Å². The Kier molecular flexibility index (Phi) is 4.18. The van der Waals surface area contributed by atoms with E-state index in [1.807, 2.05) is 19.1 Å². The highest BCUT2D eigenvalue weighted by atomic mass is 19.4. The van der Waals surface area contributed by atoms with Gasteiger partial charge in [0.25, 0.3) is 0 Å². The van der Waals surface area contributed by atoms with Gasteiger partial charge in [0.05, 0.1) is 6.61 Å². The molecule has 0 radical (unpaired) electrons. The van der Waals surface area contributed by atoms with E-state index in [0.717, 1.165) is 5.56 Å². The van der Waals surface area contributed by atoms with Crippen LogP contribution in [0.15, 0.2) is 24.3 Å². The van der Waals surface area contributed by atoms with Gasteiger partial charge < -0.3 is 4.74 Å². The van der Waals surface area contributed by atoms with E-state index in [-0.39, 0.29) is 0 Å². The number of ether oxygens (including phenoxy) is 2. The van der Waals surface area contributed by atoms with Crippen LogP contribution in [0.5, 0.6) is 5.75 Å². The van der Waals surface area contributed by atoms with Gasteiger partial charge in [-0.3, -0.25) is 4.74 Å². The van der Waals surface area contributed by atoms with Crippen LogP contribution in [0.25, 0.3) is 0 Å². The zero-order chi connectivity index (χ0) is 12.2. The summed E-state index contributed by atoms with van der Waals surface area (Å²) in [5.41, 5.74) is 0.876. The molecule has 0 spiro atoms. The molecule has 90 valence electrons. The molecule has 16 heavy (non-hydrogen) atoms. The van der Waals surface area contributed by atoms with E-state index in [4.69, 9.17) is 4.74 Å². The lowest BCUT2D eigenvalue weighted by Crippen LogP contribution is -2.25. The first-order valence-corrected chi connectivity index (χ1v) is 4.81. The summed E-state index contributed by atoms with van der Waals surface area (Å²) in [4.78, 5) is 0. The Morgan fingerprint density at radius 1 is 1.25 bits per heavy atom. The molecule has 0 fully saturated rings. The summed E-state index contributed by atoms with van der Waals surface area (Å²) in [5.74, 6) is 0.570. The normalized spacial score (nSPS) is 13.6. The van der Waals surface area contributed by atoms with Gasteiger partial charge in [0, 0.05) is 0 Å². The van der Waals surface area contributed by atoms with Crippen molar-refractivity contribution >= 4 is 0 Å². The van der Waals surface area contributed by atoms with Crippen LogP contribution in [0.3, 0.4) is 0 Å². The molecule has 0 unspecified atom stereocenters. The number of hydrogen-bond acceptors (Lipinski definition) is 2. The van der Waals surface area contributed by atoms with Crippen molar-refractivity contribution in [3.8, 4) is 5.75 Å². The molecule has 0 aliphatic heterocycles. The minimum Gasteiger partial charge on any atom is -0.488 e. The number of hydrogen-bond donors (Lipinski definition) is 0. The molecule has 1 aromatic carbocycles. The molecule has 1 rings (SSSR count). The standard InChI is InChI=1S/C11H13F3O2/c1-8-5-3-4-6-10(8)16-9(2)7-15-11(12,13)14/h3-6,9H,7H2,1-2H3/t9-/m0/s1. The second-order valence-corrected chi connectivity index (χ2v) is 3.45. The molecule has 0 aliphatic carbocycles. The predicted molar refractivity (Wildman–Crippen MR) is 53.3 cm³/mol. The highest BCUT2D eigenvalue weighted by molar-refractivity contribution is 5.31. The van der Waals surface area contributed by atoms with Gasteiger partial charge in [-0.1, -0.05) is 18.2 Å². The van der Waals surface area contributed by atoms with Gasteiger partial charge in [0.2, 0.25) is 0 Å². The fourth-order valence-corrected chi connectivity index (χ4v) is 1.15. The molecule has 5 heteroatoms. The van der Waals surface area contributed by atoms with Gasteiger partial charge in [0.15, 0.2) is 0 Å². The van der Waals surface area contributed by atoms with E-state index >= 15 is 0 Å². The largest absolute Gasteiger partial charge is 0.522 e. The van der Waals surface area contributed by atoms with Crippen LogP contribution in [0.4, 0.5) is 13.2 Å². The SMILES string of the molecule is Cc1ccccc1O[C@@H](C)COC(F)(F)F. The average Bonchev–Trinajstić information content (AvgIpc) is 2.18. The third-order valence-electron chi connectivity index (χ3n) is 1.90. The van der Waals surface area contributed by atoms with E-state index in [1.165, 1.54) is 6.92 Å². The fourth-order valence-electron chi connectivity index (χ4n) is 1.15. The van der Waals surface area contributed by atoms with Crippen LogP contribution in [0, 0.1) is 6.92 Å². The number of para-hydroxylation sites is 1. The molecule has 0 aromatic heterocycles. The average molecular weight is 234 g/mol. The molecule has 0 bridgehead atoms. The molecule has 2 nitrogen and oxygen atoms in total. The Morgan fingerprint density at radius 3 is 2.44 bits per heavy atom. The number of alkyl halides is 3. The van der Waals surface area contributed by atoms with Crippen molar-refractivity contribution < 1.29 is 22.6 Å². The van der Waals surface area contributed by atoms with Gasteiger partial charge in [0.1, 0.15) is 11.9 Å². The monoisotopic (exact) mass is 234 g/mol. The number of benzene rings is 1. The minimum atomic E-state index is -4.61. The molecule has 0 amide bonds. The number of rotatable bonds is 4. The van der Waals surface area contributed by atoms with Crippen molar-refractivity contribution in [1.82, 2.24) is 0 Å². The molecule has 0 heterocycles. The van der Waals surface area contributed by atoms with Gasteiger partial charge in [-0.2, -0.15) is 0 Å². The Bertz CT molecular complexity index is 336. The smallest absolute Gasteiger partial charge is 0.488 e. The van der Waals surface area contributed by atoms with E-state index < -0.39 is 19.1 Å². The maximum atomic E-state index is 11.8.